The van der Waals surface area contributed by atoms with E-state index in [1.54, 1.807) is 17.8 Å². The Labute approximate surface area is 244 Å². The molecule has 0 saturated heterocycles. The van der Waals surface area contributed by atoms with Crippen molar-refractivity contribution in [3.05, 3.63) is 60.2 Å². The van der Waals surface area contributed by atoms with E-state index in [-0.39, 0.29) is 0 Å². The fraction of sp³-hybridized carbons (Fsp3) is 0.576. The van der Waals surface area contributed by atoms with Crippen LogP contribution < -0.4 is 4.90 Å². The Morgan fingerprint density at radius 2 is 1.48 bits per heavy atom. The Morgan fingerprint density at radius 1 is 0.800 bits per heavy atom. The first-order valence-electron chi connectivity index (χ1n) is 14.9. The number of halogens is 3. The number of fused-ring (bicyclic) bond motifs is 2. The van der Waals surface area contributed by atoms with Crippen molar-refractivity contribution in [3.8, 4) is 0 Å². The molecule has 0 aliphatic carbocycles. The van der Waals surface area contributed by atoms with Crippen LogP contribution in [0.2, 0.25) is 0 Å². The van der Waals surface area contributed by atoms with Gasteiger partial charge in [-0.05, 0) is 89.1 Å². The second-order valence-corrected chi connectivity index (χ2v) is 12.6. The van der Waals surface area contributed by atoms with Gasteiger partial charge in [0.25, 0.3) is 0 Å². The monoisotopic (exact) mass is 575 g/mol. The van der Waals surface area contributed by atoms with Crippen molar-refractivity contribution in [1.29, 1.82) is 0 Å². The average Bonchev–Trinajstić information content (AvgIpc) is 2.90. The number of hydrogen-bond donors (Lipinski definition) is 0. The van der Waals surface area contributed by atoms with Crippen LogP contribution in [0, 0.1) is 5.92 Å². The molecule has 2 aromatic carbocycles. The summed E-state index contributed by atoms with van der Waals surface area (Å²) in [6.45, 7) is 9.36. The van der Waals surface area contributed by atoms with Gasteiger partial charge in [-0.3, -0.25) is 0 Å². The highest BCUT2D eigenvalue weighted by molar-refractivity contribution is 7.99. The van der Waals surface area contributed by atoms with E-state index in [2.05, 4.69) is 60.9 Å². The molecule has 0 radical (unpaired) electrons. The lowest BCUT2D eigenvalue weighted by Crippen LogP contribution is -2.30. The fourth-order valence-corrected chi connectivity index (χ4v) is 6.18. The summed E-state index contributed by atoms with van der Waals surface area (Å²) in [6, 6.07) is 12.2. The number of benzene rings is 2. The first-order valence-corrected chi connectivity index (χ1v) is 15.7. The largest absolute Gasteiger partial charge is 0.416 e. The van der Waals surface area contributed by atoms with Gasteiger partial charge in [-0.2, -0.15) is 13.2 Å². The summed E-state index contributed by atoms with van der Waals surface area (Å²) < 4.78 is 40.7. The molecule has 1 aliphatic heterocycles. The Hall–Kier alpha value is -1.96. The van der Waals surface area contributed by atoms with Gasteiger partial charge in [-0.15, -0.1) is 0 Å². The number of hydrogen-bond acceptors (Lipinski definition) is 4. The van der Waals surface area contributed by atoms with Crippen LogP contribution in [-0.2, 0) is 6.18 Å². The highest BCUT2D eigenvalue weighted by Gasteiger charge is 2.33. The van der Waals surface area contributed by atoms with Crippen LogP contribution in [-0.4, -0.2) is 56.6 Å². The minimum atomic E-state index is -4.35. The quantitative estimate of drug-likeness (QED) is 0.137. The first kappa shape index (κ1) is 32.6. The van der Waals surface area contributed by atoms with Crippen molar-refractivity contribution in [3.63, 3.8) is 0 Å². The topological polar surface area (TPSA) is 9.72 Å². The van der Waals surface area contributed by atoms with Gasteiger partial charge in [0, 0.05) is 29.4 Å². The molecule has 0 atom stereocenters. The molecule has 0 N–H and O–H groups in total. The summed E-state index contributed by atoms with van der Waals surface area (Å²) in [6.07, 6.45) is 9.56. The Balaban J connectivity index is 1.63. The third kappa shape index (κ3) is 10.8. The van der Waals surface area contributed by atoms with Crippen molar-refractivity contribution in [2.75, 3.05) is 51.7 Å². The maximum absolute atomic E-state index is 13.6. The van der Waals surface area contributed by atoms with E-state index >= 15 is 0 Å². The molecule has 1 heterocycles. The molecular formula is C33H48F3N3S. The van der Waals surface area contributed by atoms with Gasteiger partial charge in [0.15, 0.2) is 0 Å². The third-order valence-electron chi connectivity index (χ3n) is 7.34. The van der Waals surface area contributed by atoms with Gasteiger partial charge in [0.2, 0.25) is 0 Å². The number of anilines is 2. The maximum atomic E-state index is 13.6. The lowest BCUT2D eigenvalue weighted by Gasteiger charge is -2.34. The molecule has 0 saturated carbocycles. The minimum absolute atomic E-state index is 0.587. The van der Waals surface area contributed by atoms with Crippen molar-refractivity contribution in [2.45, 2.75) is 81.2 Å². The molecule has 0 bridgehead atoms. The zero-order chi connectivity index (χ0) is 29.0. The van der Waals surface area contributed by atoms with E-state index in [1.165, 1.54) is 44.2 Å². The second-order valence-electron chi connectivity index (χ2n) is 11.5. The number of unbranched alkanes of at least 4 members (excludes halogenated alkanes) is 3. The molecule has 3 rings (SSSR count). The lowest BCUT2D eigenvalue weighted by atomic mass is 10.0. The van der Waals surface area contributed by atoms with E-state index in [9.17, 15) is 13.2 Å². The van der Waals surface area contributed by atoms with Gasteiger partial charge in [-0.1, -0.05) is 75.6 Å². The maximum Gasteiger partial charge on any atom is 0.416 e. The normalized spacial score (nSPS) is 13.6. The summed E-state index contributed by atoms with van der Waals surface area (Å²) in [5, 5.41) is 0. The van der Waals surface area contributed by atoms with Gasteiger partial charge < -0.3 is 14.7 Å². The van der Waals surface area contributed by atoms with E-state index in [1.807, 2.05) is 18.2 Å². The summed E-state index contributed by atoms with van der Waals surface area (Å²) in [4.78, 5) is 8.82. The zero-order valence-corrected chi connectivity index (χ0v) is 25.7. The zero-order valence-electron chi connectivity index (χ0n) is 24.8. The van der Waals surface area contributed by atoms with Crippen LogP contribution in [0.1, 0.15) is 70.8 Å². The predicted molar refractivity (Wildman–Crippen MR) is 165 cm³/mol. The van der Waals surface area contributed by atoms with Gasteiger partial charge in [0.1, 0.15) is 0 Å². The number of rotatable bonds is 17. The van der Waals surface area contributed by atoms with E-state index in [4.69, 9.17) is 0 Å². The summed E-state index contributed by atoms with van der Waals surface area (Å²) >= 11 is 1.55. The van der Waals surface area contributed by atoms with Crippen molar-refractivity contribution < 1.29 is 13.2 Å². The fourth-order valence-electron chi connectivity index (χ4n) is 5.10. The van der Waals surface area contributed by atoms with E-state index in [0.717, 1.165) is 66.8 Å². The van der Waals surface area contributed by atoms with Crippen LogP contribution in [0.15, 0.2) is 64.4 Å². The van der Waals surface area contributed by atoms with Crippen LogP contribution in [0.4, 0.5) is 24.5 Å². The molecule has 2 aromatic rings. The average molecular weight is 576 g/mol. The molecule has 0 amide bonds. The molecule has 3 nitrogen and oxygen atoms in total. The van der Waals surface area contributed by atoms with E-state index in [0.29, 0.717) is 12.2 Å². The van der Waals surface area contributed by atoms with Crippen LogP contribution in [0.25, 0.3) is 0 Å². The summed E-state index contributed by atoms with van der Waals surface area (Å²) in [7, 11) is 4.19. The third-order valence-corrected chi connectivity index (χ3v) is 8.47. The summed E-state index contributed by atoms with van der Waals surface area (Å²) in [5.41, 5.74) is 1.08. The van der Waals surface area contributed by atoms with Crippen LogP contribution in [0.3, 0.4) is 0 Å². The van der Waals surface area contributed by atoms with Crippen LogP contribution in [0.5, 0.6) is 0 Å². The van der Waals surface area contributed by atoms with Crippen molar-refractivity contribution >= 4 is 23.1 Å². The highest BCUT2D eigenvalue weighted by Crippen LogP contribution is 2.49. The molecule has 7 heteroatoms. The Morgan fingerprint density at radius 3 is 2.20 bits per heavy atom. The van der Waals surface area contributed by atoms with Gasteiger partial charge >= 0.3 is 6.18 Å². The van der Waals surface area contributed by atoms with E-state index < -0.39 is 11.7 Å². The molecule has 0 spiro atoms. The smallest absolute Gasteiger partial charge is 0.340 e. The molecular weight excluding hydrogens is 527 g/mol. The highest BCUT2D eigenvalue weighted by atomic mass is 32.2. The lowest BCUT2D eigenvalue weighted by molar-refractivity contribution is -0.137. The van der Waals surface area contributed by atoms with Crippen LogP contribution >= 0.6 is 11.8 Å². The number of nitrogens with zero attached hydrogens (tertiary/aromatic N) is 3. The Kier molecular flexibility index (Phi) is 13.4. The van der Waals surface area contributed by atoms with Gasteiger partial charge in [0.05, 0.1) is 16.9 Å². The molecule has 222 valence electrons. The summed E-state index contributed by atoms with van der Waals surface area (Å²) in [5.74, 6) is 0.770. The molecule has 1 aliphatic rings. The van der Waals surface area contributed by atoms with Gasteiger partial charge in [-0.25, -0.2) is 0 Å². The number of alkyl halides is 3. The molecule has 40 heavy (non-hydrogen) atoms. The second kappa shape index (κ2) is 16.5. The molecule has 0 aromatic heterocycles. The first-order chi connectivity index (χ1) is 19.1. The van der Waals surface area contributed by atoms with Crippen molar-refractivity contribution in [2.24, 2.45) is 5.92 Å². The van der Waals surface area contributed by atoms with Crippen molar-refractivity contribution in [1.82, 2.24) is 9.80 Å². The Bertz CT molecular complexity index is 1050. The predicted octanol–water partition coefficient (Wildman–Crippen LogP) is 9.50. The standard InChI is InChI=1S/C33H48F3N3S/c1-27(2)16-9-5-6-13-22-38(23-14-8-7-12-21-37(3)4)24-15-25-39-29-17-10-11-18-31(29)40-32-20-19-28(26-30(32)39)33(34,35)36/h7-8,10-11,17-20,26-27H,5-6,9,12-16,21-25H2,1-4H3. The number of para-hydroxylation sites is 1. The molecule has 0 fully saturated rings. The minimum Gasteiger partial charge on any atom is -0.340 e. The molecule has 0 unspecified atom stereocenters. The SMILES string of the molecule is CC(C)CCCCCCN(CCC=CCCN(C)C)CCCN1c2ccccc2Sc2ccc(C(F)(F)F)cc21.